The fraction of sp³-hybridized carbons (Fsp3) is 0.368. The summed E-state index contributed by atoms with van der Waals surface area (Å²) in [6.45, 7) is 6.78. The average molecular weight is 444 g/mol. The topological polar surface area (TPSA) is 102 Å². The van der Waals surface area contributed by atoms with Crippen LogP contribution in [0.15, 0.2) is 33.2 Å². The van der Waals surface area contributed by atoms with Crippen LogP contribution in [0.25, 0.3) is 16.5 Å². The highest BCUT2D eigenvalue weighted by atomic mass is 32.2. The molecule has 0 aliphatic heterocycles. The molecule has 11 heteroatoms. The zero-order valence-corrected chi connectivity index (χ0v) is 18.5. The minimum absolute atomic E-state index is 0.0301. The maximum absolute atomic E-state index is 12.8. The van der Waals surface area contributed by atoms with E-state index < -0.39 is 0 Å². The maximum Gasteiger partial charge on any atom is 0.257 e. The molecule has 0 saturated carbocycles. The van der Waals surface area contributed by atoms with Gasteiger partial charge in [-0.15, -0.1) is 26.6 Å². The lowest BCUT2D eigenvalue weighted by atomic mass is 10.4. The molecule has 0 saturated heterocycles. The Morgan fingerprint density at radius 1 is 1.30 bits per heavy atom. The molecule has 0 aromatic carbocycles. The summed E-state index contributed by atoms with van der Waals surface area (Å²) in [6, 6.07) is 5.80. The van der Waals surface area contributed by atoms with E-state index in [4.69, 9.17) is 4.42 Å². The van der Waals surface area contributed by atoms with Crippen molar-refractivity contribution in [2.45, 2.75) is 38.9 Å². The summed E-state index contributed by atoms with van der Waals surface area (Å²) >= 11 is 2.83. The first-order valence-corrected chi connectivity index (χ1v) is 11.4. The molecule has 0 aliphatic carbocycles. The van der Waals surface area contributed by atoms with Crippen LogP contribution in [0, 0.1) is 13.8 Å². The molecule has 0 fully saturated rings. The third kappa shape index (κ3) is 4.51. The summed E-state index contributed by atoms with van der Waals surface area (Å²) in [5.74, 6) is 1.63. The predicted molar refractivity (Wildman–Crippen MR) is 114 cm³/mol. The van der Waals surface area contributed by atoms with Crippen molar-refractivity contribution in [3.05, 3.63) is 40.9 Å². The molecule has 9 nitrogen and oxygen atoms in total. The predicted octanol–water partition coefficient (Wildman–Crippen LogP) is 3.38. The molecule has 0 radical (unpaired) electrons. The van der Waals surface area contributed by atoms with Crippen molar-refractivity contribution in [3.63, 3.8) is 0 Å². The second kappa shape index (κ2) is 8.92. The molecule has 4 heterocycles. The molecule has 0 bridgehead atoms. The normalized spacial score (nSPS) is 11.3. The van der Waals surface area contributed by atoms with Gasteiger partial charge in [-0.25, -0.2) is 9.50 Å². The number of fused-ring (bicyclic) bond motifs is 1. The Kier molecular flexibility index (Phi) is 6.09. The number of aryl methyl sites for hydroxylation is 2. The van der Waals surface area contributed by atoms with E-state index in [0.29, 0.717) is 29.3 Å². The Bertz CT molecular complexity index is 1150. The summed E-state index contributed by atoms with van der Waals surface area (Å²) in [4.78, 5) is 24.3. The van der Waals surface area contributed by atoms with Gasteiger partial charge in [0.25, 0.3) is 11.7 Å². The van der Waals surface area contributed by atoms with Crippen LogP contribution in [-0.2, 0) is 11.3 Å². The standard InChI is InChI=1S/C19H21N7O2S2/c1-4-7-25(10-15-22-23-17(28-15)14-6-5-8-29-14)16(27)11-30-19-21-18-20-12(2)9-13(3)26(18)24-19/h5-6,8-9H,4,7,10-11H2,1-3H3. The fourth-order valence-electron chi connectivity index (χ4n) is 2.97. The third-order valence-electron chi connectivity index (χ3n) is 4.29. The zero-order chi connectivity index (χ0) is 21.1. The van der Waals surface area contributed by atoms with Gasteiger partial charge in [-0.1, -0.05) is 24.8 Å². The SMILES string of the molecule is CCCN(Cc1nnc(-c2cccs2)o1)C(=O)CSc1nc2nc(C)cc(C)n2n1. The van der Waals surface area contributed by atoms with Gasteiger partial charge in [0.15, 0.2) is 0 Å². The van der Waals surface area contributed by atoms with Crippen molar-refractivity contribution in [3.8, 4) is 10.8 Å². The fourth-order valence-corrected chi connectivity index (χ4v) is 4.33. The third-order valence-corrected chi connectivity index (χ3v) is 5.98. The first-order valence-electron chi connectivity index (χ1n) is 9.51. The van der Waals surface area contributed by atoms with Gasteiger partial charge in [0.1, 0.15) is 0 Å². The number of rotatable bonds is 8. The van der Waals surface area contributed by atoms with Crippen LogP contribution in [0.1, 0.15) is 30.6 Å². The van der Waals surface area contributed by atoms with E-state index in [2.05, 4.69) is 25.3 Å². The number of thiophene rings is 1. The van der Waals surface area contributed by atoms with E-state index in [1.165, 1.54) is 23.1 Å². The van der Waals surface area contributed by atoms with Gasteiger partial charge in [0.05, 0.1) is 17.2 Å². The molecule has 0 unspecified atom stereocenters. The van der Waals surface area contributed by atoms with Crippen molar-refractivity contribution in [2.75, 3.05) is 12.3 Å². The van der Waals surface area contributed by atoms with E-state index in [1.807, 2.05) is 44.4 Å². The number of carbonyl (C=O) groups excluding carboxylic acids is 1. The number of thioether (sulfide) groups is 1. The van der Waals surface area contributed by atoms with Gasteiger partial charge in [0, 0.05) is 17.9 Å². The second-order valence-corrected chi connectivity index (χ2v) is 8.62. The van der Waals surface area contributed by atoms with Crippen molar-refractivity contribution >= 4 is 34.8 Å². The van der Waals surface area contributed by atoms with E-state index in [0.717, 1.165) is 22.7 Å². The van der Waals surface area contributed by atoms with Crippen LogP contribution in [0.2, 0.25) is 0 Å². The lowest BCUT2D eigenvalue weighted by molar-refractivity contribution is -0.129. The molecular weight excluding hydrogens is 422 g/mol. The van der Waals surface area contributed by atoms with Gasteiger partial charge in [-0.3, -0.25) is 4.79 Å². The van der Waals surface area contributed by atoms with Crippen molar-refractivity contribution in [2.24, 2.45) is 0 Å². The Hall–Kier alpha value is -2.79. The van der Waals surface area contributed by atoms with Gasteiger partial charge >= 0.3 is 0 Å². The van der Waals surface area contributed by atoms with Gasteiger partial charge in [-0.05, 0) is 37.8 Å². The first kappa shape index (κ1) is 20.5. The molecule has 4 rings (SSSR count). The maximum atomic E-state index is 12.8. The van der Waals surface area contributed by atoms with E-state index in [1.54, 1.807) is 9.42 Å². The highest BCUT2D eigenvalue weighted by molar-refractivity contribution is 7.99. The summed E-state index contributed by atoms with van der Waals surface area (Å²) in [7, 11) is 0. The summed E-state index contributed by atoms with van der Waals surface area (Å²) < 4.78 is 7.42. The van der Waals surface area contributed by atoms with Crippen molar-refractivity contribution in [1.29, 1.82) is 0 Å². The Morgan fingerprint density at radius 2 is 2.17 bits per heavy atom. The minimum atomic E-state index is -0.0301. The quantitative estimate of drug-likeness (QED) is 0.382. The smallest absolute Gasteiger partial charge is 0.257 e. The van der Waals surface area contributed by atoms with Crippen LogP contribution in [-0.4, -0.2) is 52.9 Å². The highest BCUT2D eigenvalue weighted by Crippen LogP contribution is 2.23. The number of nitrogens with zero attached hydrogens (tertiary/aromatic N) is 7. The monoisotopic (exact) mass is 443 g/mol. The lowest BCUT2D eigenvalue weighted by Crippen LogP contribution is -2.32. The first-order chi connectivity index (χ1) is 14.5. The largest absolute Gasteiger partial charge is 0.418 e. The van der Waals surface area contributed by atoms with Crippen LogP contribution in [0.5, 0.6) is 0 Å². The molecule has 156 valence electrons. The van der Waals surface area contributed by atoms with Crippen molar-refractivity contribution in [1.82, 2.24) is 34.7 Å². The molecule has 0 N–H and O–H groups in total. The Morgan fingerprint density at radius 3 is 2.93 bits per heavy atom. The summed E-state index contributed by atoms with van der Waals surface area (Å²) in [6.07, 6.45) is 0.831. The van der Waals surface area contributed by atoms with E-state index in [9.17, 15) is 4.79 Å². The molecule has 4 aromatic rings. The summed E-state index contributed by atoms with van der Waals surface area (Å²) in [5, 5.41) is 15.1. The zero-order valence-electron chi connectivity index (χ0n) is 16.9. The van der Waals surface area contributed by atoms with Crippen LogP contribution in [0.4, 0.5) is 0 Å². The van der Waals surface area contributed by atoms with E-state index in [-0.39, 0.29) is 18.2 Å². The number of hydrogen-bond acceptors (Lipinski definition) is 9. The lowest BCUT2D eigenvalue weighted by Gasteiger charge is -2.19. The number of amides is 1. The van der Waals surface area contributed by atoms with Crippen molar-refractivity contribution < 1.29 is 9.21 Å². The number of hydrogen-bond donors (Lipinski definition) is 0. The van der Waals surface area contributed by atoms with Crippen LogP contribution >= 0.6 is 23.1 Å². The Labute approximate surface area is 181 Å². The molecule has 1 amide bonds. The highest BCUT2D eigenvalue weighted by Gasteiger charge is 2.19. The Balaban J connectivity index is 1.42. The van der Waals surface area contributed by atoms with Crippen LogP contribution < -0.4 is 0 Å². The molecule has 30 heavy (non-hydrogen) atoms. The number of aromatic nitrogens is 6. The molecular formula is C19H21N7O2S2. The van der Waals surface area contributed by atoms with Gasteiger partial charge < -0.3 is 9.32 Å². The summed E-state index contributed by atoms with van der Waals surface area (Å²) in [5.41, 5.74) is 1.84. The average Bonchev–Trinajstić information content (AvgIpc) is 3.45. The van der Waals surface area contributed by atoms with E-state index >= 15 is 0 Å². The molecule has 0 atom stereocenters. The van der Waals surface area contributed by atoms with Crippen LogP contribution in [0.3, 0.4) is 0 Å². The molecule has 0 aliphatic rings. The number of carbonyl (C=O) groups is 1. The second-order valence-electron chi connectivity index (χ2n) is 6.73. The molecule has 0 spiro atoms. The van der Waals surface area contributed by atoms with Gasteiger partial charge in [-0.2, -0.15) is 4.98 Å². The minimum Gasteiger partial charge on any atom is -0.418 e. The molecule has 4 aromatic heterocycles. The van der Waals surface area contributed by atoms with Gasteiger partial charge in [0.2, 0.25) is 17.0 Å².